The molecule has 0 unspecified atom stereocenters. The van der Waals surface area contributed by atoms with E-state index in [1.165, 1.54) is 31.5 Å². The van der Waals surface area contributed by atoms with E-state index in [9.17, 15) is 0 Å². The van der Waals surface area contributed by atoms with Crippen molar-refractivity contribution in [2.45, 2.75) is 32.4 Å². The molecule has 0 radical (unpaired) electrons. The van der Waals surface area contributed by atoms with Gasteiger partial charge in [-0.15, -0.1) is 0 Å². The van der Waals surface area contributed by atoms with Gasteiger partial charge in [0, 0.05) is 17.1 Å². The van der Waals surface area contributed by atoms with Crippen LogP contribution < -0.4 is 5.32 Å². The molecule has 94 valence electrons. The molecule has 2 nitrogen and oxygen atoms in total. The molecule has 1 aliphatic heterocycles. The normalized spacial score (nSPS) is 17.6. The van der Waals surface area contributed by atoms with E-state index in [1.807, 2.05) is 0 Å². The van der Waals surface area contributed by atoms with Crippen molar-refractivity contribution in [3.05, 3.63) is 34.3 Å². The maximum Gasteiger partial charge on any atom is 0.0236 e. The van der Waals surface area contributed by atoms with Crippen molar-refractivity contribution < 1.29 is 0 Å². The van der Waals surface area contributed by atoms with Gasteiger partial charge in [0.2, 0.25) is 0 Å². The molecule has 0 amide bonds. The van der Waals surface area contributed by atoms with Gasteiger partial charge in [0.1, 0.15) is 0 Å². The third kappa shape index (κ3) is 3.80. The van der Waals surface area contributed by atoms with Gasteiger partial charge in [-0.3, -0.25) is 4.90 Å². The minimum atomic E-state index is 0.755. The summed E-state index contributed by atoms with van der Waals surface area (Å²) in [6, 6.07) is 9.45. The van der Waals surface area contributed by atoms with Gasteiger partial charge in [-0.05, 0) is 50.2 Å². The predicted octanol–water partition coefficient (Wildman–Crippen LogP) is 3.02. The fourth-order valence-corrected chi connectivity index (χ4v) is 2.76. The lowest BCUT2D eigenvalue weighted by Crippen LogP contribution is -2.42. The fraction of sp³-hybridized carbons (Fsp3) is 0.571. The van der Waals surface area contributed by atoms with E-state index in [-0.39, 0.29) is 0 Å². The third-order valence-electron chi connectivity index (χ3n) is 3.53. The van der Waals surface area contributed by atoms with Crippen LogP contribution in [0.5, 0.6) is 0 Å². The van der Waals surface area contributed by atoms with Crippen LogP contribution in [0, 0.1) is 0 Å². The number of nitrogens with one attached hydrogen (secondary N) is 1. The van der Waals surface area contributed by atoms with E-state index in [0.29, 0.717) is 0 Å². The number of hydrogen-bond acceptors (Lipinski definition) is 2. The molecule has 0 bridgehead atoms. The summed E-state index contributed by atoms with van der Waals surface area (Å²) >= 11 is 3.48. The molecule has 0 spiro atoms. The van der Waals surface area contributed by atoms with Crippen molar-refractivity contribution in [3.8, 4) is 0 Å². The van der Waals surface area contributed by atoms with Crippen LogP contribution in [0.1, 0.15) is 25.3 Å². The van der Waals surface area contributed by atoms with Gasteiger partial charge in [0.25, 0.3) is 0 Å². The Morgan fingerprint density at radius 3 is 2.47 bits per heavy atom. The lowest BCUT2D eigenvalue weighted by Gasteiger charge is -2.33. The van der Waals surface area contributed by atoms with E-state index < -0.39 is 0 Å². The number of hydrogen-bond donors (Lipinski definition) is 1. The second kappa shape index (κ2) is 6.53. The van der Waals surface area contributed by atoms with Crippen LogP contribution in [0.4, 0.5) is 0 Å². The van der Waals surface area contributed by atoms with Crippen LogP contribution in [0.2, 0.25) is 0 Å². The van der Waals surface area contributed by atoms with Gasteiger partial charge >= 0.3 is 0 Å². The highest BCUT2D eigenvalue weighted by molar-refractivity contribution is 9.10. The van der Waals surface area contributed by atoms with Crippen molar-refractivity contribution >= 4 is 15.9 Å². The molecule has 1 heterocycles. The van der Waals surface area contributed by atoms with E-state index in [1.54, 1.807) is 0 Å². The number of benzene rings is 1. The monoisotopic (exact) mass is 296 g/mol. The molecular weight excluding hydrogens is 276 g/mol. The molecule has 1 aromatic rings. The quantitative estimate of drug-likeness (QED) is 0.919. The van der Waals surface area contributed by atoms with Crippen LogP contribution >= 0.6 is 15.9 Å². The van der Waals surface area contributed by atoms with Gasteiger partial charge in [-0.1, -0.05) is 35.0 Å². The van der Waals surface area contributed by atoms with Gasteiger partial charge in [-0.25, -0.2) is 0 Å². The third-order valence-corrected chi connectivity index (χ3v) is 4.06. The standard InChI is InChI=1S/C14H21BrN2/c1-2-17(14-7-9-16-10-8-14)11-12-3-5-13(15)6-4-12/h3-6,14,16H,2,7-11H2,1H3. The van der Waals surface area contributed by atoms with Crippen LogP contribution in [-0.2, 0) is 6.54 Å². The molecule has 1 N–H and O–H groups in total. The number of piperidine rings is 1. The van der Waals surface area contributed by atoms with Crippen molar-refractivity contribution in [1.29, 1.82) is 0 Å². The molecule has 0 atom stereocenters. The van der Waals surface area contributed by atoms with Crippen LogP contribution in [0.3, 0.4) is 0 Å². The summed E-state index contributed by atoms with van der Waals surface area (Å²) in [7, 11) is 0. The van der Waals surface area contributed by atoms with Crippen LogP contribution in [0.15, 0.2) is 28.7 Å². The number of rotatable bonds is 4. The zero-order valence-corrected chi connectivity index (χ0v) is 12.0. The maximum atomic E-state index is 3.48. The molecule has 1 fully saturated rings. The molecule has 1 saturated heterocycles. The Labute approximate surface area is 113 Å². The summed E-state index contributed by atoms with van der Waals surface area (Å²) in [5.41, 5.74) is 1.41. The van der Waals surface area contributed by atoms with Crippen LogP contribution in [-0.4, -0.2) is 30.6 Å². The summed E-state index contributed by atoms with van der Waals surface area (Å²) in [5, 5.41) is 3.43. The molecule has 17 heavy (non-hydrogen) atoms. The highest BCUT2D eigenvalue weighted by Gasteiger charge is 2.19. The fourth-order valence-electron chi connectivity index (χ4n) is 2.50. The molecule has 2 rings (SSSR count). The predicted molar refractivity (Wildman–Crippen MR) is 76.1 cm³/mol. The first kappa shape index (κ1) is 13.1. The van der Waals surface area contributed by atoms with E-state index in [2.05, 4.69) is 57.3 Å². The maximum absolute atomic E-state index is 3.48. The van der Waals surface area contributed by atoms with Crippen molar-refractivity contribution in [2.24, 2.45) is 0 Å². The highest BCUT2D eigenvalue weighted by atomic mass is 79.9. The first-order valence-corrected chi connectivity index (χ1v) is 7.28. The molecule has 1 aromatic carbocycles. The lowest BCUT2D eigenvalue weighted by molar-refractivity contribution is 0.162. The highest BCUT2D eigenvalue weighted by Crippen LogP contribution is 2.17. The molecular formula is C14H21BrN2. The smallest absolute Gasteiger partial charge is 0.0236 e. The second-order valence-electron chi connectivity index (χ2n) is 4.67. The summed E-state index contributed by atoms with van der Waals surface area (Å²) in [4.78, 5) is 2.60. The molecule has 3 heteroatoms. The van der Waals surface area contributed by atoms with Gasteiger partial charge in [-0.2, -0.15) is 0 Å². The topological polar surface area (TPSA) is 15.3 Å². The first-order valence-electron chi connectivity index (χ1n) is 6.49. The Hall–Kier alpha value is -0.380. The van der Waals surface area contributed by atoms with E-state index in [0.717, 1.165) is 23.6 Å². The van der Waals surface area contributed by atoms with Crippen LogP contribution in [0.25, 0.3) is 0 Å². The summed E-state index contributed by atoms with van der Waals surface area (Å²) in [6.07, 6.45) is 2.56. The average molecular weight is 297 g/mol. The Morgan fingerprint density at radius 1 is 1.24 bits per heavy atom. The summed E-state index contributed by atoms with van der Waals surface area (Å²) in [6.45, 7) is 6.82. The number of nitrogens with zero attached hydrogens (tertiary/aromatic N) is 1. The van der Waals surface area contributed by atoms with Crippen molar-refractivity contribution in [2.75, 3.05) is 19.6 Å². The Kier molecular flexibility index (Phi) is 5.01. The minimum absolute atomic E-state index is 0.755. The Balaban J connectivity index is 1.96. The van der Waals surface area contributed by atoms with Crippen molar-refractivity contribution in [3.63, 3.8) is 0 Å². The zero-order valence-electron chi connectivity index (χ0n) is 10.5. The zero-order chi connectivity index (χ0) is 12.1. The van der Waals surface area contributed by atoms with Gasteiger partial charge in [0.05, 0.1) is 0 Å². The molecule has 0 saturated carbocycles. The summed E-state index contributed by atoms with van der Waals surface area (Å²) < 4.78 is 1.16. The van der Waals surface area contributed by atoms with Crippen molar-refractivity contribution in [1.82, 2.24) is 10.2 Å². The molecule has 0 aliphatic carbocycles. The second-order valence-corrected chi connectivity index (χ2v) is 5.59. The minimum Gasteiger partial charge on any atom is -0.317 e. The molecule has 0 aromatic heterocycles. The average Bonchev–Trinajstić information content (AvgIpc) is 2.39. The molecule has 1 aliphatic rings. The summed E-state index contributed by atoms with van der Waals surface area (Å²) in [5.74, 6) is 0. The van der Waals surface area contributed by atoms with Gasteiger partial charge in [0.15, 0.2) is 0 Å². The Morgan fingerprint density at radius 2 is 1.88 bits per heavy atom. The van der Waals surface area contributed by atoms with E-state index in [4.69, 9.17) is 0 Å². The largest absolute Gasteiger partial charge is 0.317 e. The SMILES string of the molecule is CCN(Cc1ccc(Br)cc1)C1CCNCC1. The number of halogens is 1. The first-order chi connectivity index (χ1) is 8.29. The lowest BCUT2D eigenvalue weighted by atomic mass is 10.0. The van der Waals surface area contributed by atoms with Gasteiger partial charge < -0.3 is 5.32 Å². The van der Waals surface area contributed by atoms with E-state index >= 15 is 0 Å². The Bertz CT molecular complexity index is 331.